The predicted octanol–water partition coefficient (Wildman–Crippen LogP) is 1.63. The molecule has 6 heteroatoms. The topological polar surface area (TPSA) is 57.1 Å². The maximum atomic E-state index is 9.26. The number of quaternary nitrogens is 1. The number of hydrogen-bond acceptors (Lipinski definition) is 2. The van der Waals surface area contributed by atoms with Gasteiger partial charge in [0, 0.05) is 5.02 Å². The second-order valence-corrected chi connectivity index (χ2v) is 4.20. The summed E-state index contributed by atoms with van der Waals surface area (Å²) in [6, 6.07) is 3.06. The van der Waals surface area contributed by atoms with Crippen LogP contribution in [0.4, 0.5) is 0 Å². The Morgan fingerprint density at radius 1 is 1.27 bits per heavy atom. The SMILES string of the molecule is [NH3+]C[C@@H](O)COc1c(Cl)cc(Cl)cc1Cl. The Balaban J connectivity index is 2.77. The Hall–Kier alpha value is -0.190. The van der Waals surface area contributed by atoms with E-state index in [0.29, 0.717) is 27.4 Å². The predicted molar refractivity (Wildman–Crippen MR) is 60.7 cm³/mol. The van der Waals surface area contributed by atoms with Crippen LogP contribution in [0.25, 0.3) is 0 Å². The van der Waals surface area contributed by atoms with E-state index in [1.165, 1.54) is 12.1 Å². The molecule has 0 heterocycles. The molecule has 0 aliphatic carbocycles. The molecule has 0 bridgehead atoms. The first-order valence-corrected chi connectivity index (χ1v) is 5.42. The molecule has 0 fully saturated rings. The maximum Gasteiger partial charge on any atom is 0.156 e. The first kappa shape index (κ1) is 12.9. The van der Waals surface area contributed by atoms with Gasteiger partial charge in [-0.3, -0.25) is 0 Å². The standard InChI is InChI=1S/C9H10Cl3NO2/c10-5-1-7(11)9(8(12)2-5)15-4-6(14)3-13/h1-2,6,14H,3-4,13H2/p+1/t6-/m1/s1. The summed E-state index contributed by atoms with van der Waals surface area (Å²) in [6.45, 7) is 0.466. The van der Waals surface area contributed by atoms with Crippen LogP contribution in [0, 0.1) is 0 Å². The van der Waals surface area contributed by atoms with Gasteiger partial charge in [-0.15, -0.1) is 0 Å². The monoisotopic (exact) mass is 270 g/mol. The highest BCUT2D eigenvalue weighted by Crippen LogP contribution is 2.35. The molecule has 0 saturated heterocycles. The average Bonchev–Trinajstić information content (AvgIpc) is 2.15. The molecular weight excluding hydrogens is 260 g/mol. The van der Waals surface area contributed by atoms with Crippen LogP contribution < -0.4 is 10.5 Å². The van der Waals surface area contributed by atoms with Crippen LogP contribution in [0.2, 0.25) is 15.1 Å². The van der Waals surface area contributed by atoms with E-state index < -0.39 is 6.10 Å². The summed E-state index contributed by atoms with van der Waals surface area (Å²) in [7, 11) is 0. The van der Waals surface area contributed by atoms with Crippen LogP contribution in [0.1, 0.15) is 0 Å². The molecule has 0 aliphatic heterocycles. The number of benzene rings is 1. The first-order chi connectivity index (χ1) is 7.04. The van der Waals surface area contributed by atoms with Crippen molar-refractivity contribution < 1.29 is 15.6 Å². The van der Waals surface area contributed by atoms with E-state index in [1.54, 1.807) is 0 Å². The van der Waals surface area contributed by atoms with Crippen LogP contribution in [-0.2, 0) is 0 Å². The van der Waals surface area contributed by atoms with Crippen LogP contribution in [0.15, 0.2) is 12.1 Å². The van der Waals surface area contributed by atoms with Gasteiger partial charge in [0.05, 0.1) is 10.0 Å². The van der Waals surface area contributed by atoms with Gasteiger partial charge in [-0.05, 0) is 12.1 Å². The van der Waals surface area contributed by atoms with Crippen molar-refractivity contribution in [2.75, 3.05) is 13.2 Å². The molecule has 0 radical (unpaired) electrons. The maximum absolute atomic E-state index is 9.26. The van der Waals surface area contributed by atoms with E-state index in [0.717, 1.165) is 0 Å². The van der Waals surface area contributed by atoms with Gasteiger partial charge in [0.2, 0.25) is 0 Å². The van der Waals surface area contributed by atoms with E-state index in [4.69, 9.17) is 39.5 Å². The lowest BCUT2D eigenvalue weighted by molar-refractivity contribution is -0.384. The van der Waals surface area contributed by atoms with Crippen LogP contribution in [0.3, 0.4) is 0 Å². The smallest absolute Gasteiger partial charge is 0.156 e. The van der Waals surface area contributed by atoms with Gasteiger partial charge in [-0.2, -0.15) is 0 Å². The third kappa shape index (κ3) is 3.70. The number of aliphatic hydroxyl groups is 1. The van der Waals surface area contributed by atoms with Gasteiger partial charge in [-0.25, -0.2) is 0 Å². The number of rotatable bonds is 4. The molecule has 1 atom stereocenters. The molecule has 4 N–H and O–H groups in total. The summed E-state index contributed by atoms with van der Waals surface area (Å²) < 4.78 is 5.26. The van der Waals surface area contributed by atoms with Crippen LogP contribution >= 0.6 is 34.8 Å². The summed E-state index contributed by atoms with van der Waals surface area (Å²) in [5, 5.41) is 10.3. The molecular formula is C9H11Cl3NO2+. The Labute approximate surface area is 103 Å². The van der Waals surface area contributed by atoms with Crippen molar-refractivity contribution in [1.82, 2.24) is 0 Å². The van der Waals surface area contributed by atoms with Crippen LogP contribution in [-0.4, -0.2) is 24.4 Å². The normalized spacial score (nSPS) is 12.6. The van der Waals surface area contributed by atoms with Gasteiger partial charge in [0.15, 0.2) is 5.75 Å². The van der Waals surface area contributed by atoms with Crippen molar-refractivity contribution in [1.29, 1.82) is 0 Å². The van der Waals surface area contributed by atoms with Crippen LogP contribution in [0.5, 0.6) is 5.75 Å². The molecule has 0 saturated carbocycles. The van der Waals surface area contributed by atoms with Gasteiger partial charge in [-0.1, -0.05) is 34.8 Å². The third-order valence-electron chi connectivity index (χ3n) is 1.72. The summed E-state index contributed by atoms with van der Waals surface area (Å²) in [5.41, 5.74) is 3.54. The molecule has 1 aromatic carbocycles. The van der Waals surface area contributed by atoms with Gasteiger partial charge >= 0.3 is 0 Å². The van der Waals surface area contributed by atoms with Crippen molar-refractivity contribution >= 4 is 34.8 Å². The van der Waals surface area contributed by atoms with Crippen molar-refractivity contribution in [3.05, 3.63) is 27.2 Å². The molecule has 84 valence electrons. The quantitative estimate of drug-likeness (QED) is 0.874. The highest BCUT2D eigenvalue weighted by Gasteiger charge is 2.11. The van der Waals surface area contributed by atoms with E-state index in [1.807, 2.05) is 0 Å². The Kier molecular flexibility index (Phi) is 4.96. The van der Waals surface area contributed by atoms with Gasteiger partial charge in [0.25, 0.3) is 0 Å². The summed E-state index contributed by atoms with van der Waals surface area (Å²) in [5.74, 6) is 0.329. The Morgan fingerprint density at radius 2 is 1.80 bits per heavy atom. The molecule has 0 aromatic heterocycles. The van der Waals surface area contributed by atoms with Gasteiger partial charge < -0.3 is 15.6 Å². The molecule has 0 aliphatic rings. The minimum absolute atomic E-state index is 0.102. The average molecular weight is 272 g/mol. The number of halogens is 3. The number of hydrogen-bond donors (Lipinski definition) is 2. The van der Waals surface area contributed by atoms with Gasteiger partial charge in [0.1, 0.15) is 19.3 Å². The summed E-state index contributed by atoms with van der Waals surface area (Å²) in [6.07, 6.45) is -0.632. The molecule has 0 spiro atoms. The fourth-order valence-corrected chi connectivity index (χ4v) is 1.86. The third-order valence-corrected chi connectivity index (χ3v) is 2.50. The highest BCUT2D eigenvalue weighted by molar-refractivity contribution is 6.40. The second-order valence-electron chi connectivity index (χ2n) is 2.95. The van der Waals surface area contributed by atoms with E-state index in [9.17, 15) is 5.11 Å². The fourth-order valence-electron chi connectivity index (χ4n) is 0.930. The van der Waals surface area contributed by atoms with Crippen molar-refractivity contribution in [3.63, 3.8) is 0 Å². The molecule has 3 nitrogen and oxygen atoms in total. The first-order valence-electron chi connectivity index (χ1n) is 4.29. The van der Waals surface area contributed by atoms with E-state index in [2.05, 4.69) is 5.73 Å². The number of aliphatic hydroxyl groups excluding tert-OH is 1. The highest BCUT2D eigenvalue weighted by atomic mass is 35.5. The molecule has 0 amide bonds. The molecule has 1 aromatic rings. The fraction of sp³-hybridized carbons (Fsp3) is 0.333. The lowest BCUT2D eigenvalue weighted by atomic mass is 10.3. The summed E-state index contributed by atoms with van der Waals surface area (Å²) >= 11 is 17.5. The Bertz CT molecular complexity index is 323. The lowest BCUT2D eigenvalue weighted by Crippen LogP contribution is -2.56. The second kappa shape index (κ2) is 5.77. The molecule has 15 heavy (non-hydrogen) atoms. The Morgan fingerprint density at radius 3 is 2.27 bits per heavy atom. The van der Waals surface area contributed by atoms with Crippen molar-refractivity contribution in [3.8, 4) is 5.75 Å². The largest absolute Gasteiger partial charge is 0.488 e. The summed E-state index contributed by atoms with van der Waals surface area (Å²) in [4.78, 5) is 0. The lowest BCUT2D eigenvalue weighted by Gasteiger charge is -2.12. The van der Waals surface area contributed by atoms with Crippen molar-refractivity contribution in [2.24, 2.45) is 0 Å². The zero-order valence-electron chi connectivity index (χ0n) is 7.84. The minimum Gasteiger partial charge on any atom is -0.488 e. The molecule has 1 rings (SSSR count). The zero-order valence-corrected chi connectivity index (χ0v) is 10.1. The number of ether oxygens (including phenoxy) is 1. The zero-order chi connectivity index (χ0) is 11.4. The minimum atomic E-state index is -0.632. The van der Waals surface area contributed by atoms with E-state index in [-0.39, 0.29) is 6.61 Å². The van der Waals surface area contributed by atoms with E-state index >= 15 is 0 Å². The molecule has 0 unspecified atom stereocenters. The van der Waals surface area contributed by atoms with Crippen molar-refractivity contribution in [2.45, 2.75) is 6.10 Å².